The summed E-state index contributed by atoms with van der Waals surface area (Å²) in [5.41, 5.74) is 0.271. The van der Waals surface area contributed by atoms with Crippen molar-refractivity contribution in [3.8, 4) is 5.75 Å². The van der Waals surface area contributed by atoms with Gasteiger partial charge < -0.3 is 4.74 Å². The van der Waals surface area contributed by atoms with Gasteiger partial charge in [0.15, 0.2) is 5.03 Å². The maximum atomic E-state index is 12.0. The van der Waals surface area contributed by atoms with Gasteiger partial charge in [-0.3, -0.25) is 4.72 Å². The largest absolute Gasteiger partial charge is 0.497 e. The van der Waals surface area contributed by atoms with Crippen LogP contribution in [0.15, 0.2) is 47.6 Å². The Labute approximate surface area is 116 Å². The first kappa shape index (κ1) is 13.6. The zero-order valence-electron chi connectivity index (χ0n) is 10.00. The molecule has 1 N–H and O–H groups in total. The summed E-state index contributed by atoms with van der Waals surface area (Å²) in [6.07, 6.45) is 1.41. The third-order valence-corrected chi connectivity index (χ3v) is 3.93. The van der Waals surface area contributed by atoms with Crippen LogP contribution in [0.2, 0.25) is 5.02 Å². The van der Waals surface area contributed by atoms with E-state index in [4.69, 9.17) is 16.3 Å². The maximum Gasteiger partial charge on any atom is 0.279 e. The van der Waals surface area contributed by atoms with Crippen LogP contribution in [-0.4, -0.2) is 20.5 Å². The van der Waals surface area contributed by atoms with E-state index in [-0.39, 0.29) is 15.7 Å². The summed E-state index contributed by atoms with van der Waals surface area (Å²) < 4.78 is 31.5. The molecule has 2 rings (SSSR count). The number of nitrogens with zero attached hydrogens (tertiary/aromatic N) is 1. The molecule has 0 aliphatic heterocycles. The van der Waals surface area contributed by atoms with E-state index in [9.17, 15) is 8.42 Å². The Morgan fingerprint density at radius 3 is 2.63 bits per heavy atom. The van der Waals surface area contributed by atoms with E-state index in [1.54, 1.807) is 18.2 Å². The number of pyridine rings is 1. The number of benzene rings is 1. The molecule has 7 heteroatoms. The van der Waals surface area contributed by atoms with Crippen molar-refractivity contribution in [2.45, 2.75) is 5.03 Å². The normalized spacial score (nSPS) is 11.1. The van der Waals surface area contributed by atoms with Gasteiger partial charge >= 0.3 is 0 Å². The lowest BCUT2D eigenvalue weighted by Crippen LogP contribution is -2.14. The van der Waals surface area contributed by atoms with Crippen molar-refractivity contribution in [3.63, 3.8) is 0 Å². The number of ether oxygens (including phenoxy) is 1. The maximum absolute atomic E-state index is 12.0. The SMILES string of the molecule is COc1ccc(NS(=O)(=O)c2ccccn2)c(Cl)c1. The van der Waals surface area contributed by atoms with Gasteiger partial charge in [-0.2, -0.15) is 8.42 Å². The Balaban J connectivity index is 2.31. The fourth-order valence-electron chi connectivity index (χ4n) is 1.41. The molecule has 19 heavy (non-hydrogen) atoms. The van der Waals surface area contributed by atoms with E-state index in [1.807, 2.05) is 0 Å². The second-order valence-electron chi connectivity index (χ2n) is 3.62. The van der Waals surface area contributed by atoms with Crippen LogP contribution in [0.3, 0.4) is 0 Å². The number of anilines is 1. The molecule has 0 unspecified atom stereocenters. The molecule has 0 bridgehead atoms. The van der Waals surface area contributed by atoms with Gasteiger partial charge in [-0.05, 0) is 24.3 Å². The summed E-state index contributed by atoms with van der Waals surface area (Å²) in [4.78, 5) is 3.79. The van der Waals surface area contributed by atoms with E-state index in [0.29, 0.717) is 5.75 Å². The molecule has 2 aromatic rings. The van der Waals surface area contributed by atoms with E-state index in [1.165, 1.54) is 31.5 Å². The standard InChI is InChI=1S/C12H11ClN2O3S/c1-18-9-5-6-11(10(13)8-9)15-19(16,17)12-4-2-3-7-14-12/h2-8,15H,1H3. The monoisotopic (exact) mass is 298 g/mol. The minimum Gasteiger partial charge on any atom is -0.497 e. The van der Waals surface area contributed by atoms with Crippen LogP contribution in [0.1, 0.15) is 0 Å². The molecule has 1 heterocycles. The summed E-state index contributed by atoms with van der Waals surface area (Å²) in [6.45, 7) is 0. The van der Waals surface area contributed by atoms with Crippen molar-refractivity contribution in [2.75, 3.05) is 11.8 Å². The van der Waals surface area contributed by atoms with Gasteiger partial charge in [-0.15, -0.1) is 0 Å². The highest BCUT2D eigenvalue weighted by Gasteiger charge is 2.16. The molecule has 0 spiro atoms. The van der Waals surface area contributed by atoms with Crippen LogP contribution in [0, 0.1) is 0 Å². The molecule has 5 nitrogen and oxygen atoms in total. The third-order valence-electron chi connectivity index (χ3n) is 2.33. The second-order valence-corrected chi connectivity index (χ2v) is 5.66. The van der Waals surface area contributed by atoms with Crippen molar-refractivity contribution < 1.29 is 13.2 Å². The smallest absolute Gasteiger partial charge is 0.279 e. The fourth-order valence-corrected chi connectivity index (χ4v) is 2.71. The predicted molar refractivity (Wildman–Crippen MR) is 73.0 cm³/mol. The Kier molecular flexibility index (Phi) is 3.92. The highest BCUT2D eigenvalue weighted by atomic mass is 35.5. The zero-order valence-corrected chi connectivity index (χ0v) is 11.6. The van der Waals surface area contributed by atoms with Crippen molar-refractivity contribution in [1.82, 2.24) is 4.98 Å². The summed E-state index contributed by atoms with van der Waals surface area (Å²) in [6, 6.07) is 9.30. The molecule has 0 aliphatic carbocycles. The van der Waals surface area contributed by atoms with Gasteiger partial charge in [0.05, 0.1) is 17.8 Å². The van der Waals surface area contributed by atoms with Crippen LogP contribution in [0.4, 0.5) is 5.69 Å². The summed E-state index contributed by atoms with van der Waals surface area (Å²) >= 11 is 5.97. The number of methoxy groups -OCH3 is 1. The second kappa shape index (κ2) is 5.46. The first-order valence-electron chi connectivity index (χ1n) is 5.30. The molecular weight excluding hydrogens is 288 g/mol. The number of sulfonamides is 1. The van der Waals surface area contributed by atoms with Crippen LogP contribution in [-0.2, 0) is 10.0 Å². The molecule has 0 saturated heterocycles. The Morgan fingerprint density at radius 1 is 1.26 bits per heavy atom. The van der Waals surface area contributed by atoms with E-state index >= 15 is 0 Å². The third kappa shape index (κ3) is 3.15. The highest BCUT2D eigenvalue weighted by Crippen LogP contribution is 2.28. The Hall–Kier alpha value is -1.79. The van der Waals surface area contributed by atoms with Crippen molar-refractivity contribution >= 4 is 27.3 Å². The minimum atomic E-state index is -3.74. The average Bonchev–Trinajstić information content (AvgIpc) is 2.42. The first-order chi connectivity index (χ1) is 9.03. The minimum absolute atomic E-state index is 0.0677. The molecular formula is C12H11ClN2O3S. The summed E-state index contributed by atoms with van der Waals surface area (Å²) in [7, 11) is -2.24. The van der Waals surface area contributed by atoms with Crippen LogP contribution < -0.4 is 9.46 Å². The lowest BCUT2D eigenvalue weighted by Gasteiger charge is -2.09. The molecule has 100 valence electrons. The van der Waals surface area contributed by atoms with Gasteiger partial charge in [0, 0.05) is 12.3 Å². The molecule has 0 fully saturated rings. The lowest BCUT2D eigenvalue weighted by atomic mass is 10.3. The van der Waals surface area contributed by atoms with Crippen LogP contribution >= 0.6 is 11.6 Å². The predicted octanol–water partition coefficient (Wildman–Crippen LogP) is 2.54. The molecule has 0 aliphatic rings. The van der Waals surface area contributed by atoms with Gasteiger partial charge in [-0.1, -0.05) is 17.7 Å². The quantitative estimate of drug-likeness (QED) is 0.942. The van der Waals surface area contributed by atoms with E-state index in [2.05, 4.69) is 9.71 Å². The first-order valence-corrected chi connectivity index (χ1v) is 7.16. The summed E-state index contributed by atoms with van der Waals surface area (Å²) in [5, 5.41) is 0.181. The molecule has 0 saturated carbocycles. The van der Waals surface area contributed by atoms with Gasteiger partial charge in [0.25, 0.3) is 10.0 Å². The van der Waals surface area contributed by atoms with E-state index < -0.39 is 10.0 Å². The van der Waals surface area contributed by atoms with Crippen molar-refractivity contribution in [3.05, 3.63) is 47.6 Å². The zero-order chi connectivity index (χ0) is 13.9. The van der Waals surface area contributed by atoms with Crippen LogP contribution in [0.25, 0.3) is 0 Å². The van der Waals surface area contributed by atoms with Gasteiger partial charge in [-0.25, -0.2) is 4.98 Å². The molecule has 1 aromatic carbocycles. The van der Waals surface area contributed by atoms with Crippen LogP contribution in [0.5, 0.6) is 5.75 Å². The highest BCUT2D eigenvalue weighted by molar-refractivity contribution is 7.92. The summed E-state index contributed by atoms with van der Waals surface area (Å²) in [5.74, 6) is 0.547. The molecule has 0 amide bonds. The van der Waals surface area contributed by atoms with E-state index in [0.717, 1.165) is 0 Å². The Bertz CT molecular complexity index is 675. The lowest BCUT2D eigenvalue weighted by molar-refractivity contribution is 0.415. The van der Waals surface area contributed by atoms with Gasteiger partial charge in [0.1, 0.15) is 5.75 Å². The van der Waals surface area contributed by atoms with Crippen molar-refractivity contribution in [2.24, 2.45) is 0 Å². The number of rotatable bonds is 4. The average molecular weight is 299 g/mol. The number of aromatic nitrogens is 1. The number of nitrogens with one attached hydrogen (secondary N) is 1. The van der Waals surface area contributed by atoms with Gasteiger partial charge in [0.2, 0.25) is 0 Å². The molecule has 0 radical (unpaired) electrons. The molecule has 1 aromatic heterocycles. The topological polar surface area (TPSA) is 68.3 Å². The number of halogens is 1. The fraction of sp³-hybridized carbons (Fsp3) is 0.0833. The Morgan fingerprint density at radius 2 is 2.05 bits per heavy atom. The van der Waals surface area contributed by atoms with Crippen molar-refractivity contribution in [1.29, 1.82) is 0 Å². The number of hydrogen-bond donors (Lipinski definition) is 1. The molecule has 0 atom stereocenters. The number of hydrogen-bond acceptors (Lipinski definition) is 4.